The average Bonchev–Trinajstić information content (AvgIpc) is 0.795. The summed E-state index contributed by atoms with van der Waals surface area (Å²) in [5.41, 5.74) is 30.3. The summed E-state index contributed by atoms with van der Waals surface area (Å²) in [6, 6.07) is 205. The van der Waals surface area contributed by atoms with Gasteiger partial charge in [-0.05, 0) is 88.6 Å². The maximum absolute atomic E-state index is 7.29. The minimum atomic E-state index is -2.15. The molecular weight excluding hydrogens is 2580 g/mol. The van der Waals surface area contributed by atoms with Crippen molar-refractivity contribution in [3.05, 3.63) is 617 Å². The number of hydrogen-bond donors (Lipinski definition) is 0. The van der Waals surface area contributed by atoms with E-state index in [1.807, 2.05) is 243 Å². The van der Waals surface area contributed by atoms with E-state index in [2.05, 4.69) is 343 Å². The van der Waals surface area contributed by atoms with E-state index in [1.54, 1.807) is 18.3 Å². The monoisotopic (exact) mass is 2680 g/mol. The number of rotatable bonds is 13. The second kappa shape index (κ2) is 58.7. The van der Waals surface area contributed by atoms with Crippen molar-refractivity contribution >= 4 is 32.3 Å². The first-order valence-corrected chi connectivity index (χ1v) is 46.6. The summed E-state index contributed by atoms with van der Waals surface area (Å²) in [6.07, 6.45) is 7.34. The van der Waals surface area contributed by atoms with Gasteiger partial charge in [0.2, 0.25) is 0 Å². The van der Waals surface area contributed by atoms with Crippen LogP contribution in [0.3, 0.4) is 0 Å². The van der Waals surface area contributed by atoms with Crippen LogP contribution in [0.4, 0.5) is 0 Å². The molecule has 0 spiro atoms. The van der Waals surface area contributed by atoms with Gasteiger partial charge < -0.3 is 26.0 Å². The second-order valence-electron chi connectivity index (χ2n) is 32.8. The maximum Gasteiger partial charge on any atom is 0.0177 e. The average molecular weight is 2690 g/mol. The minimum Gasteiger partial charge on any atom is -0.352 e. The van der Waals surface area contributed by atoms with Crippen molar-refractivity contribution in [2.75, 3.05) is 0 Å². The predicted molar refractivity (Wildman–Crippen MR) is 589 cm³/mol. The van der Waals surface area contributed by atoms with Crippen molar-refractivity contribution in [2.45, 2.75) is 27.6 Å². The standard InChI is InChI=1S/C24H16.2C22H16N.C17H10N.C15H10N.C14H12.2C12H8.4Pt.Y/c1-3-9-19(10-4-1)21-13-7-15-23(17-21)24-16-8-14-22(18-24)20-11-5-2-6-12-20;2*1-16-9-11-17(12-10-16)19-13-14-23-22(15-19)21-8-4-6-18-5-2-3-7-20(18)21;1-2-7-14(8-3-1)15-9-6-10-16(13-15)17-11-4-5-12-18-17;1-2-8-13-12(6-1)7-5-9-14(13)15-10-3-4-11-16-15;1-11-3-7-13(8-4-11)14-9-5-12(2)6-10-14;2*1-3-7-11(8-4-1)12-9-5-2-6-10-12;;;;;/h1-14,17-18H;2*2-7,9-15H,1H3;1-7,9,11-12H;1-8,10-11H;3-7,9H,1-2H3;2*1-7,9H;;;;;/q-2;2*-1;-3;-1;3*-2;;;;;/i;;;;;1D3,2D3;;;;;;;. The molecule has 0 atom stereocenters. The smallest absolute Gasteiger partial charge is 0.0177 e. The van der Waals surface area contributed by atoms with Crippen molar-refractivity contribution in [1.82, 2.24) is 19.9 Å². The van der Waals surface area contributed by atoms with Crippen LogP contribution in [0, 0.1) is 112 Å². The van der Waals surface area contributed by atoms with Crippen LogP contribution in [0.2, 0.25) is 0 Å². The molecule has 4 heterocycles. The first kappa shape index (κ1) is 103. The molecule has 24 aromatic rings. The van der Waals surface area contributed by atoms with Crippen molar-refractivity contribution in [3.63, 3.8) is 0 Å². The SMILES string of the molecule is Cc1ccc(-c2ccnc(-c3[c-]ccc4ccccc34)c2)cc1.Cc1ccc(-c2ccnc(-c3[c-]ccc4ccccc34)c2)cc1.[2H]C([2H])([2H])c1c[c-]c(-c2[c-]cc(C([2H])([2H])[2H])cc2)cc1.[Pt].[Pt].[Pt].[Pt].[Y].[c-]1ccc(-c2[c-]cccc2)[c-]c1-c1ccccn1.[c-]1ccc(-c2ccccc2)cc1-c1[c-]ccc(-c2ccccc2)c1.[c-]1ccc2ccccc2c1-c1ccccn1.[c-]1ccccc1-c1[c-]cccc1.[c-]1ccccc1-c1[c-]cccc1. The number of nitrogens with zero attached hydrogens (tertiary/aromatic N) is 4. The van der Waals surface area contributed by atoms with Gasteiger partial charge in [0.25, 0.3) is 0 Å². The van der Waals surface area contributed by atoms with Crippen molar-refractivity contribution in [1.29, 1.82) is 0 Å². The Morgan fingerprint density at radius 3 is 0.844 bits per heavy atom. The first-order valence-electron chi connectivity index (χ1n) is 49.6. The fourth-order valence-electron chi connectivity index (χ4n) is 15.7. The van der Waals surface area contributed by atoms with Crippen LogP contribution < -0.4 is 0 Å². The second-order valence-corrected chi connectivity index (χ2v) is 32.8. The van der Waals surface area contributed by atoms with Gasteiger partial charge >= 0.3 is 0 Å². The first-order chi connectivity index (χ1) is 72.5. The molecule has 0 saturated heterocycles. The number of fused-ring (bicyclic) bond motifs is 3. The molecule has 0 unspecified atom stereocenters. The zero-order valence-electron chi connectivity index (χ0n) is 86.1. The van der Waals surface area contributed by atoms with Crippen LogP contribution in [-0.4, -0.2) is 19.9 Å². The van der Waals surface area contributed by atoms with E-state index in [9.17, 15) is 0 Å². The molecule has 1 radical (unpaired) electrons. The van der Waals surface area contributed by atoms with Crippen LogP contribution in [0.25, 0.3) is 177 Å². The molecule has 4 aromatic heterocycles. The molecule has 20 aromatic carbocycles. The fourth-order valence-corrected chi connectivity index (χ4v) is 15.7. The van der Waals surface area contributed by atoms with E-state index < -0.39 is 13.7 Å². The van der Waals surface area contributed by atoms with E-state index in [0.29, 0.717) is 11.1 Å². The number of aryl methyl sites for hydroxylation is 4. The van der Waals surface area contributed by atoms with Crippen LogP contribution in [0.15, 0.2) is 510 Å². The molecule has 0 N–H and O–H groups in total. The van der Waals surface area contributed by atoms with E-state index in [1.165, 1.54) is 112 Å². The van der Waals surface area contributed by atoms with Gasteiger partial charge in [-0.25, -0.2) is 50.6 Å². The van der Waals surface area contributed by atoms with Gasteiger partial charge in [0.1, 0.15) is 0 Å². The molecule has 0 aliphatic heterocycles. The van der Waals surface area contributed by atoms with Crippen molar-refractivity contribution in [2.24, 2.45) is 0 Å². The van der Waals surface area contributed by atoms with Gasteiger partial charge in [-0.2, -0.15) is 188 Å². The van der Waals surface area contributed by atoms with Gasteiger partial charge in [-0.3, -0.25) is 23.3 Å². The Bertz CT molecular complexity index is 7790. The topological polar surface area (TPSA) is 51.6 Å². The number of benzene rings is 20. The Labute approximate surface area is 957 Å². The fraction of sp³-hybridized carbons (Fsp3) is 0.0290. The molecule has 725 valence electrons. The molecule has 0 amide bonds. The normalized spacial score (nSPS) is 10.8. The molecule has 0 aliphatic carbocycles. The molecular formula is C138H96N4Pt4Y-14. The van der Waals surface area contributed by atoms with Crippen LogP contribution in [0.1, 0.15) is 30.5 Å². The van der Waals surface area contributed by atoms with Gasteiger partial charge in [0.15, 0.2) is 0 Å². The summed E-state index contributed by atoms with van der Waals surface area (Å²) in [4.78, 5) is 17.8. The third-order valence-electron chi connectivity index (χ3n) is 23.0. The zero-order valence-corrected chi connectivity index (χ0v) is 92.1. The summed E-state index contributed by atoms with van der Waals surface area (Å²) in [5.74, 6) is 0. The summed E-state index contributed by atoms with van der Waals surface area (Å²) in [5, 5.41) is 7.21. The Kier molecular flexibility index (Phi) is 41.0. The van der Waals surface area contributed by atoms with E-state index in [-0.39, 0.29) is 128 Å². The molecule has 0 saturated carbocycles. The van der Waals surface area contributed by atoms with Crippen LogP contribution >= 0.6 is 0 Å². The molecule has 24 rings (SSSR count). The Morgan fingerprint density at radius 1 is 0.190 bits per heavy atom. The number of hydrogen-bond acceptors (Lipinski definition) is 4. The van der Waals surface area contributed by atoms with Crippen molar-refractivity contribution in [3.8, 4) is 145 Å². The molecule has 0 aliphatic rings. The zero-order chi connectivity index (χ0) is 102. The minimum absolute atomic E-state index is 0. The summed E-state index contributed by atoms with van der Waals surface area (Å²) >= 11 is 0. The third-order valence-corrected chi connectivity index (χ3v) is 23.0. The molecule has 0 fully saturated rings. The van der Waals surface area contributed by atoms with Crippen LogP contribution in [0.5, 0.6) is 0 Å². The molecule has 9 heteroatoms. The summed E-state index contributed by atoms with van der Waals surface area (Å²) in [6.45, 7) is -0.0899. The molecule has 0 bridgehead atoms. The van der Waals surface area contributed by atoms with Gasteiger partial charge in [-0.15, -0.1) is 182 Å². The molecule has 147 heavy (non-hydrogen) atoms. The maximum atomic E-state index is 7.29. The summed E-state index contributed by atoms with van der Waals surface area (Å²) in [7, 11) is 0. The van der Waals surface area contributed by atoms with E-state index in [4.69, 9.17) is 8.22 Å². The quantitative estimate of drug-likeness (QED) is 0.108. The number of pyridine rings is 4. The van der Waals surface area contributed by atoms with Crippen molar-refractivity contribution < 1.29 is 125 Å². The summed E-state index contributed by atoms with van der Waals surface area (Å²) < 4.78 is 43.7. The third kappa shape index (κ3) is 32.1. The Hall–Kier alpha value is -14.4. The predicted octanol–water partition coefficient (Wildman–Crippen LogP) is 34.6. The van der Waals surface area contributed by atoms with Gasteiger partial charge in [0.05, 0.1) is 0 Å². The Morgan fingerprint density at radius 2 is 0.490 bits per heavy atom. The largest absolute Gasteiger partial charge is 0.352 e. The van der Waals surface area contributed by atoms with Gasteiger partial charge in [0, 0.05) is 150 Å². The van der Waals surface area contributed by atoms with E-state index in [0.717, 1.165) is 89.5 Å². The molecule has 4 nitrogen and oxygen atoms in total. The number of aromatic nitrogens is 4. The van der Waals surface area contributed by atoms with E-state index >= 15 is 0 Å². The Balaban J connectivity index is 0.000000155. The van der Waals surface area contributed by atoms with Gasteiger partial charge in [-0.1, -0.05) is 259 Å². The van der Waals surface area contributed by atoms with Crippen LogP contribution in [-0.2, 0) is 117 Å².